The van der Waals surface area contributed by atoms with Crippen molar-refractivity contribution >= 4 is 30.0 Å². The minimum absolute atomic E-state index is 0.219. The van der Waals surface area contributed by atoms with Crippen LogP contribution in [0.5, 0.6) is 5.75 Å². The van der Waals surface area contributed by atoms with Gasteiger partial charge in [0, 0.05) is 12.6 Å². The van der Waals surface area contributed by atoms with E-state index in [1.165, 1.54) is 6.08 Å². The van der Waals surface area contributed by atoms with Crippen LogP contribution < -0.4 is 54.3 Å². The van der Waals surface area contributed by atoms with Crippen molar-refractivity contribution in [3.05, 3.63) is 35.9 Å². The molecular weight excluding hydrogens is 644 g/mol. The summed E-state index contributed by atoms with van der Waals surface area (Å²) < 4.78 is 17.3. The second-order valence-corrected chi connectivity index (χ2v) is 11.6. The molecule has 2 heterocycles. The lowest BCUT2D eigenvalue weighted by molar-refractivity contribution is -0.193. The molecule has 0 radical (unpaired) electrons. The third kappa shape index (κ3) is 12.6. The predicted molar refractivity (Wildman–Crippen MR) is 179 cm³/mol. The highest BCUT2D eigenvalue weighted by atomic mass is 16.7. The summed E-state index contributed by atoms with van der Waals surface area (Å²) in [7, 11) is 0. The highest BCUT2D eigenvalue weighted by Gasteiger charge is 2.46. The van der Waals surface area contributed by atoms with Gasteiger partial charge in [-0.05, 0) is 69.6 Å². The molecule has 1 aromatic carbocycles. The molecule has 2 aliphatic heterocycles. The molecule has 3 rings (SSSR count). The van der Waals surface area contributed by atoms with Gasteiger partial charge in [0.25, 0.3) is 0 Å². The molecular formula is C30H50N10O9. The number of unbranched alkanes of at least 4 members (excludes halogenated alkanes) is 1. The molecule has 19 nitrogen and oxygen atoms in total. The minimum atomic E-state index is -1.48. The van der Waals surface area contributed by atoms with E-state index in [1.807, 2.05) is 0 Å². The quantitative estimate of drug-likeness (QED) is 0.0346. The first-order valence-electron chi connectivity index (χ1n) is 16.1. The number of urea groups is 2. The number of amides is 5. The van der Waals surface area contributed by atoms with Crippen LogP contribution in [-0.2, 0) is 14.3 Å². The number of aliphatic hydroxyl groups is 3. The third-order valence-electron chi connectivity index (χ3n) is 7.76. The molecule has 16 N–H and O–H groups in total. The van der Waals surface area contributed by atoms with Crippen LogP contribution in [0.15, 0.2) is 35.3 Å². The van der Waals surface area contributed by atoms with Gasteiger partial charge in [-0.1, -0.05) is 12.1 Å². The van der Waals surface area contributed by atoms with Crippen molar-refractivity contribution in [1.82, 2.24) is 26.6 Å². The van der Waals surface area contributed by atoms with Gasteiger partial charge in [-0.15, -0.1) is 0 Å². The fourth-order valence-electron chi connectivity index (χ4n) is 5.21. The van der Waals surface area contributed by atoms with Crippen LogP contribution >= 0.6 is 0 Å². The molecule has 19 heteroatoms. The Balaban J connectivity index is 1.55. The Kier molecular flexibility index (Phi) is 15.7. The maximum absolute atomic E-state index is 12.9. The lowest BCUT2D eigenvalue weighted by atomic mass is 9.95. The van der Waals surface area contributed by atoms with Crippen LogP contribution in [0.2, 0.25) is 0 Å². The van der Waals surface area contributed by atoms with Gasteiger partial charge in [0.15, 0.2) is 12.2 Å². The molecule has 0 bridgehead atoms. The molecule has 49 heavy (non-hydrogen) atoms. The van der Waals surface area contributed by atoms with Crippen LogP contribution in [0.3, 0.4) is 0 Å². The van der Waals surface area contributed by atoms with Gasteiger partial charge in [-0.2, -0.15) is 0 Å². The van der Waals surface area contributed by atoms with E-state index in [2.05, 4.69) is 31.6 Å². The number of nitrogens with zero attached hydrogens (tertiary/aromatic N) is 1. The molecule has 1 aromatic rings. The molecule has 2 fully saturated rings. The molecule has 2 aliphatic rings. The van der Waals surface area contributed by atoms with E-state index in [4.69, 9.17) is 37.1 Å². The summed E-state index contributed by atoms with van der Waals surface area (Å²) in [4.78, 5) is 40.6. The van der Waals surface area contributed by atoms with E-state index in [0.29, 0.717) is 18.8 Å². The van der Waals surface area contributed by atoms with Crippen LogP contribution in [0.25, 0.3) is 6.08 Å². The molecule has 0 saturated carbocycles. The van der Waals surface area contributed by atoms with Gasteiger partial charge in [-0.25, -0.2) is 14.6 Å². The number of rotatable bonds is 16. The van der Waals surface area contributed by atoms with Crippen molar-refractivity contribution in [3.63, 3.8) is 0 Å². The largest absolute Gasteiger partial charge is 0.462 e. The zero-order chi connectivity index (χ0) is 35.9. The standard InChI is InChI=1S/C30H50N10O9/c1-16-21(39-30(46)40-26-22(38-29(34)45)24(43)19(41)15-47-26)25(44)23(37-28(32)33)27(48-16)49-18-8-5-17(6-9-18)7-10-20(42)36-14-4-13-35-12-3-2-11-31/h5-10,16,19,21-27,35,41,43-44H,2-4,11-15,31H2,1H3,(H,36,42)(H4,32,33,37)(H3,34,38,45)(H2,39,40,46)/b10-7+/t16-,19+,21+,22+,23+,24+,25+,26-,27+/m1/s1. The number of carbonyl (C=O) groups is 3. The number of hydrogen-bond acceptors (Lipinski definition) is 12. The van der Waals surface area contributed by atoms with E-state index in [-0.39, 0.29) is 18.5 Å². The van der Waals surface area contributed by atoms with E-state index < -0.39 is 67.1 Å². The number of aliphatic hydroxyl groups excluding tert-OH is 3. The molecule has 9 atom stereocenters. The van der Waals surface area contributed by atoms with Crippen molar-refractivity contribution in [3.8, 4) is 5.75 Å². The van der Waals surface area contributed by atoms with Gasteiger partial charge in [-0.3, -0.25) is 4.79 Å². The number of primary amides is 1. The van der Waals surface area contributed by atoms with Crippen molar-refractivity contribution in [2.45, 2.75) is 81.2 Å². The van der Waals surface area contributed by atoms with Crippen molar-refractivity contribution in [1.29, 1.82) is 0 Å². The van der Waals surface area contributed by atoms with Crippen molar-refractivity contribution in [2.75, 3.05) is 32.8 Å². The number of guanidine groups is 1. The zero-order valence-corrected chi connectivity index (χ0v) is 27.4. The first-order chi connectivity index (χ1) is 23.4. The lowest BCUT2D eigenvalue weighted by Gasteiger charge is -2.42. The van der Waals surface area contributed by atoms with Gasteiger partial charge in [0.1, 0.15) is 36.1 Å². The molecule has 2 saturated heterocycles. The number of aliphatic imine (C=N–C) groups is 1. The number of nitrogens with one attached hydrogen (secondary N) is 5. The average Bonchev–Trinajstić information content (AvgIpc) is 3.05. The fraction of sp³-hybridized carbons (Fsp3) is 0.600. The average molecular weight is 695 g/mol. The van der Waals surface area contributed by atoms with Crippen LogP contribution in [0.1, 0.15) is 31.7 Å². The molecule has 5 amide bonds. The van der Waals surface area contributed by atoms with E-state index in [0.717, 1.165) is 37.9 Å². The Hall–Kier alpha value is -4.24. The van der Waals surface area contributed by atoms with Gasteiger partial charge >= 0.3 is 12.1 Å². The summed E-state index contributed by atoms with van der Waals surface area (Å²) in [6, 6.07) is 1.35. The van der Waals surface area contributed by atoms with Crippen molar-refractivity contribution in [2.24, 2.45) is 27.9 Å². The summed E-state index contributed by atoms with van der Waals surface area (Å²) in [6.45, 7) is 4.19. The first kappa shape index (κ1) is 39.2. The molecule has 274 valence electrons. The number of nitrogens with two attached hydrogens (primary N) is 4. The van der Waals surface area contributed by atoms with Gasteiger partial charge in [0.05, 0.1) is 18.8 Å². The molecule has 0 unspecified atom stereocenters. The first-order valence-corrected chi connectivity index (χ1v) is 16.1. The SMILES string of the molecule is C[C@H]1O[C@@H](Oc2ccc(/C=C/C(=O)NCCCNCCCCN)cc2)[C@@H](N=C(N)N)[C@@H](O)[C@H]1NC(=O)N[C@@H]1OC[C@H](O)[C@H](O)[C@@H]1NC(N)=O. The van der Waals surface area contributed by atoms with E-state index in [1.54, 1.807) is 37.3 Å². The summed E-state index contributed by atoms with van der Waals surface area (Å²) in [5.74, 6) is -0.225. The second kappa shape index (κ2) is 19.7. The zero-order valence-electron chi connectivity index (χ0n) is 27.4. The smallest absolute Gasteiger partial charge is 0.317 e. The number of carbonyl (C=O) groups excluding carboxylic acids is 3. The van der Waals surface area contributed by atoms with E-state index >= 15 is 0 Å². The Morgan fingerprint density at radius 2 is 1.67 bits per heavy atom. The molecule has 0 aliphatic carbocycles. The van der Waals surface area contributed by atoms with Gasteiger partial charge in [0.2, 0.25) is 12.2 Å². The Morgan fingerprint density at radius 3 is 2.35 bits per heavy atom. The van der Waals surface area contributed by atoms with Gasteiger partial charge < -0.3 is 79.0 Å². The molecule has 0 spiro atoms. The van der Waals surface area contributed by atoms with Crippen LogP contribution in [0, 0.1) is 0 Å². The van der Waals surface area contributed by atoms with E-state index in [9.17, 15) is 29.7 Å². The summed E-state index contributed by atoms with van der Waals surface area (Å²) in [5, 5.41) is 44.8. The van der Waals surface area contributed by atoms with Crippen LogP contribution in [0.4, 0.5) is 9.59 Å². The predicted octanol–water partition coefficient (Wildman–Crippen LogP) is -3.56. The van der Waals surface area contributed by atoms with Crippen molar-refractivity contribution < 1.29 is 43.9 Å². The Bertz CT molecular complexity index is 1270. The summed E-state index contributed by atoms with van der Waals surface area (Å²) in [6.07, 6.45) is -1.59. The van der Waals surface area contributed by atoms with Crippen LogP contribution in [-0.4, -0.2) is 127 Å². The lowest BCUT2D eigenvalue weighted by Crippen LogP contribution is -2.68. The maximum atomic E-state index is 12.9. The monoisotopic (exact) mass is 694 g/mol. The Labute approximate surface area is 284 Å². The summed E-state index contributed by atoms with van der Waals surface area (Å²) >= 11 is 0. The summed E-state index contributed by atoms with van der Waals surface area (Å²) in [5.41, 5.74) is 22.6. The molecule has 0 aromatic heterocycles. The highest BCUT2D eigenvalue weighted by Crippen LogP contribution is 2.27. The maximum Gasteiger partial charge on any atom is 0.317 e. The minimum Gasteiger partial charge on any atom is -0.462 e. The number of hydrogen-bond donors (Lipinski definition) is 12. The highest BCUT2D eigenvalue weighted by molar-refractivity contribution is 5.91. The third-order valence-corrected chi connectivity index (χ3v) is 7.76. The normalized spacial score (nSPS) is 28.3. The number of ether oxygens (including phenoxy) is 3. The topological polar surface area (TPSA) is 316 Å². The second-order valence-electron chi connectivity index (χ2n) is 11.6. The Morgan fingerprint density at radius 1 is 0.959 bits per heavy atom. The fourth-order valence-corrected chi connectivity index (χ4v) is 5.21. The number of benzene rings is 1.